The zero-order chi connectivity index (χ0) is 14.9. The number of hydrogen-bond acceptors (Lipinski definition) is 3. The van der Waals surface area contributed by atoms with E-state index in [2.05, 4.69) is 15.2 Å². The summed E-state index contributed by atoms with van der Waals surface area (Å²) in [5.41, 5.74) is 0. The molecule has 0 spiro atoms. The van der Waals surface area contributed by atoms with Gasteiger partial charge in [0.25, 0.3) is 0 Å². The van der Waals surface area contributed by atoms with E-state index in [4.69, 9.17) is 9.47 Å². The molecule has 0 amide bonds. The summed E-state index contributed by atoms with van der Waals surface area (Å²) < 4.78 is 10.9. The van der Waals surface area contributed by atoms with Crippen LogP contribution in [0.4, 0.5) is 0 Å². The van der Waals surface area contributed by atoms with Gasteiger partial charge >= 0.3 is 0 Å². The second kappa shape index (κ2) is 11.5. The number of rotatable bonds is 8. The summed E-state index contributed by atoms with van der Waals surface area (Å²) >= 11 is 0. The van der Waals surface area contributed by atoms with Crippen LogP contribution in [0.15, 0.2) is 4.99 Å². The molecule has 1 heterocycles. The van der Waals surface area contributed by atoms with Gasteiger partial charge in [-0.1, -0.05) is 12.8 Å². The lowest BCUT2D eigenvalue weighted by molar-refractivity contribution is 0.00991. The Labute approximate surface area is 152 Å². The number of methoxy groups -OCH3 is 1. The van der Waals surface area contributed by atoms with Crippen molar-refractivity contribution < 1.29 is 9.47 Å². The number of ether oxygens (including phenoxy) is 2. The van der Waals surface area contributed by atoms with Crippen molar-refractivity contribution in [1.29, 1.82) is 0 Å². The zero-order valence-electron chi connectivity index (χ0n) is 14.1. The predicted molar refractivity (Wildman–Crippen MR) is 101 cm³/mol. The fourth-order valence-corrected chi connectivity index (χ4v) is 2.81. The Morgan fingerprint density at radius 2 is 1.91 bits per heavy atom. The van der Waals surface area contributed by atoms with Gasteiger partial charge in [-0.05, 0) is 31.6 Å². The first-order valence-corrected chi connectivity index (χ1v) is 8.39. The van der Waals surface area contributed by atoms with E-state index in [1.54, 1.807) is 7.11 Å². The Kier molecular flexibility index (Phi) is 10.4. The van der Waals surface area contributed by atoms with Crippen LogP contribution in [0.2, 0.25) is 0 Å². The van der Waals surface area contributed by atoms with Crippen molar-refractivity contribution in [2.75, 3.05) is 47.0 Å². The standard InChI is InChI=1S/C16H31N3O2.HI/c1-17-16(18-9-6-14-4-5-14)19-10-7-15(8-11-19)21-13-3-12-20-2;/h14-15H,3-13H2,1-2H3,(H,17,18);1H. The number of nitrogens with zero attached hydrogens (tertiary/aromatic N) is 2. The quantitative estimate of drug-likeness (QED) is 0.281. The molecule has 2 fully saturated rings. The summed E-state index contributed by atoms with van der Waals surface area (Å²) in [6.45, 7) is 4.74. The van der Waals surface area contributed by atoms with Crippen LogP contribution in [0.1, 0.15) is 38.5 Å². The van der Waals surface area contributed by atoms with Crippen molar-refractivity contribution >= 4 is 29.9 Å². The van der Waals surface area contributed by atoms with Gasteiger partial charge in [-0.25, -0.2) is 0 Å². The molecule has 22 heavy (non-hydrogen) atoms. The van der Waals surface area contributed by atoms with Gasteiger partial charge in [0.05, 0.1) is 6.10 Å². The minimum absolute atomic E-state index is 0. The van der Waals surface area contributed by atoms with Crippen LogP contribution in [-0.2, 0) is 9.47 Å². The number of guanidine groups is 1. The SMILES string of the molecule is CN=C(NCCC1CC1)N1CCC(OCCCOC)CC1.I. The fourth-order valence-electron chi connectivity index (χ4n) is 2.81. The average molecular weight is 425 g/mol. The van der Waals surface area contributed by atoms with Gasteiger partial charge < -0.3 is 19.7 Å². The van der Waals surface area contributed by atoms with Gasteiger partial charge in [0.1, 0.15) is 0 Å². The fraction of sp³-hybridized carbons (Fsp3) is 0.938. The lowest BCUT2D eigenvalue weighted by Gasteiger charge is -2.34. The number of likely N-dealkylation sites (tertiary alicyclic amines) is 1. The van der Waals surface area contributed by atoms with Crippen LogP contribution in [0.3, 0.4) is 0 Å². The third kappa shape index (κ3) is 7.46. The summed E-state index contributed by atoms with van der Waals surface area (Å²) in [7, 11) is 3.62. The molecule has 0 bridgehead atoms. The molecule has 1 aliphatic heterocycles. The maximum absolute atomic E-state index is 5.90. The molecule has 2 rings (SSSR count). The van der Waals surface area contributed by atoms with E-state index in [0.29, 0.717) is 6.10 Å². The van der Waals surface area contributed by atoms with Crippen molar-refractivity contribution in [2.45, 2.75) is 44.6 Å². The van der Waals surface area contributed by atoms with E-state index in [1.807, 2.05) is 7.05 Å². The van der Waals surface area contributed by atoms with Crippen molar-refractivity contribution in [3.63, 3.8) is 0 Å². The molecule has 0 unspecified atom stereocenters. The highest BCUT2D eigenvalue weighted by Crippen LogP contribution is 2.31. The predicted octanol–water partition coefficient (Wildman–Crippen LogP) is 2.50. The first-order chi connectivity index (χ1) is 10.3. The van der Waals surface area contributed by atoms with Crippen molar-refractivity contribution in [3.05, 3.63) is 0 Å². The smallest absolute Gasteiger partial charge is 0.193 e. The highest BCUT2D eigenvalue weighted by Gasteiger charge is 2.23. The van der Waals surface area contributed by atoms with E-state index in [9.17, 15) is 0 Å². The maximum atomic E-state index is 5.90. The molecular formula is C16H32IN3O2. The Morgan fingerprint density at radius 1 is 1.18 bits per heavy atom. The Balaban J connectivity index is 0.00000242. The van der Waals surface area contributed by atoms with Crippen LogP contribution in [0, 0.1) is 5.92 Å². The minimum atomic E-state index is 0. The summed E-state index contributed by atoms with van der Waals surface area (Å²) in [6.07, 6.45) is 7.71. The third-order valence-corrected chi connectivity index (χ3v) is 4.33. The van der Waals surface area contributed by atoms with Gasteiger partial charge in [0.15, 0.2) is 5.96 Å². The largest absolute Gasteiger partial charge is 0.385 e. The van der Waals surface area contributed by atoms with Gasteiger partial charge in [-0.2, -0.15) is 0 Å². The maximum Gasteiger partial charge on any atom is 0.193 e. The molecular weight excluding hydrogens is 393 g/mol. The van der Waals surface area contributed by atoms with Crippen LogP contribution >= 0.6 is 24.0 Å². The van der Waals surface area contributed by atoms with E-state index in [1.165, 1.54) is 19.3 Å². The number of nitrogens with one attached hydrogen (secondary N) is 1. The van der Waals surface area contributed by atoms with Crippen LogP contribution in [0.5, 0.6) is 0 Å². The average Bonchev–Trinajstić information content (AvgIpc) is 3.33. The van der Waals surface area contributed by atoms with Gasteiger partial charge in [-0.3, -0.25) is 4.99 Å². The normalized spacial score (nSPS) is 19.9. The van der Waals surface area contributed by atoms with Gasteiger partial charge in [0, 0.05) is 47.0 Å². The molecule has 0 aromatic carbocycles. The molecule has 130 valence electrons. The monoisotopic (exact) mass is 425 g/mol. The molecule has 1 saturated heterocycles. The second-order valence-electron chi connectivity index (χ2n) is 6.11. The number of hydrogen-bond donors (Lipinski definition) is 1. The number of piperidine rings is 1. The molecule has 6 heteroatoms. The summed E-state index contributed by atoms with van der Waals surface area (Å²) in [5, 5.41) is 3.50. The molecule has 0 radical (unpaired) electrons. The molecule has 2 aliphatic rings. The minimum Gasteiger partial charge on any atom is -0.385 e. The third-order valence-electron chi connectivity index (χ3n) is 4.33. The summed E-state index contributed by atoms with van der Waals surface area (Å²) in [6, 6.07) is 0. The Bertz CT molecular complexity index is 317. The van der Waals surface area contributed by atoms with Crippen molar-refractivity contribution in [1.82, 2.24) is 10.2 Å². The van der Waals surface area contributed by atoms with Crippen LogP contribution in [0.25, 0.3) is 0 Å². The molecule has 1 saturated carbocycles. The lowest BCUT2D eigenvalue weighted by Crippen LogP contribution is -2.47. The second-order valence-corrected chi connectivity index (χ2v) is 6.11. The van der Waals surface area contributed by atoms with Crippen molar-refractivity contribution in [3.8, 4) is 0 Å². The molecule has 1 N–H and O–H groups in total. The van der Waals surface area contributed by atoms with Gasteiger partial charge in [-0.15, -0.1) is 24.0 Å². The number of halogens is 1. The Hall–Kier alpha value is -0.0800. The van der Waals surface area contributed by atoms with E-state index < -0.39 is 0 Å². The molecule has 0 aromatic heterocycles. The zero-order valence-corrected chi connectivity index (χ0v) is 16.4. The number of aliphatic imine (C=N–C) groups is 1. The van der Waals surface area contributed by atoms with E-state index in [0.717, 1.165) is 64.0 Å². The molecule has 5 nitrogen and oxygen atoms in total. The van der Waals surface area contributed by atoms with E-state index >= 15 is 0 Å². The Morgan fingerprint density at radius 3 is 2.50 bits per heavy atom. The highest BCUT2D eigenvalue weighted by molar-refractivity contribution is 14.0. The summed E-state index contributed by atoms with van der Waals surface area (Å²) in [4.78, 5) is 6.78. The molecule has 0 aromatic rings. The van der Waals surface area contributed by atoms with Crippen LogP contribution < -0.4 is 5.32 Å². The topological polar surface area (TPSA) is 46.1 Å². The van der Waals surface area contributed by atoms with E-state index in [-0.39, 0.29) is 24.0 Å². The summed E-state index contributed by atoms with van der Waals surface area (Å²) in [5.74, 6) is 2.04. The molecule has 1 aliphatic carbocycles. The van der Waals surface area contributed by atoms with Gasteiger partial charge in [0.2, 0.25) is 0 Å². The highest BCUT2D eigenvalue weighted by atomic mass is 127. The first-order valence-electron chi connectivity index (χ1n) is 8.39. The molecule has 0 atom stereocenters. The first kappa shape index (κ1) is 20.0. The lowest BCUT2D eigenvalue weighted by atomic mass is 10.1. The van der Waals surface area contributed by atoms with Crippen LogP contribution in [-0.4, -0.2) is 64.0 Å². The van der Waals surface area contributed by atoms with Crippen molar-refractivity contribution in [2.24, 2.45) is 10.9 Å².